The number of nitrogens with zero attached hydrogens (tertiary/aromatic N) is 1. The van der Waals surface area contributed by atoms with Crippen LogP contribution in [0.25, 0.3) is 0 Å². The molecule has 0 unspecified atom stereocenters. The first-order chi connectivity index (χ1) is 11.8. The highest BCUT2D eigenvalue weighted by molar-refractivity contribution is 6.00. The molecule has 0 bridgehead atoms. The lowest BCUT2D eigenvalue weighted by molar-refractivity contribution is 0.396. The van der Waals surface area contributed by atoms with Gasteiger partial charge in [0.15, 0.2) is 0 Å². The summed E-state index contributed by atoms with van der Waals surface area (Å²) >= 11 is 0. The summed E-state index contributed by atoms with van der Waals surface area (Å²) in [7, 11) is 0. The summed E-state index contributed by atoms with van der Waals surface area (Å²) < 4.78 is 13.4. The molecule has 2 aromatic carbocycles. The van der Waals surface area contributed by atoms with Gasteiger partial charge in [-0.15, -0.1) is 0 Å². The zero-order chi connectivity index (χ0) is 16.4. The molecule has 4 rings (SSSR count). The first-order valence-corrected chi connectivity index (χ1v) is 8.70. The summed E-state index contributed by atoms with van der Waals surface area (Å²) in [6.07, 6.45) is 5.85. The fourth-order valence-corrected chi connectivity index (χ4v) is 3.78. The number of anilines is 1. The average molecular weight is 323 g/mol. The van der Waals surface area contributed by atoms with Crippen molar-refractivity contribution in [2.75, 3.05) is 5.32 Å². The third-order valence-corrected chi connectivity index (χ3v) is 5.02. The van der Waals surface area contributed by atoms with Gasteiger partial charge in [0, 0.05) is 6.54 Å². The Hall–Kier alpha value is -2.36. The van der Waals surface area contributed by atoms with Crippen molar-refractivity contribution in [2.24, 2.45) is 4.99 Å². The van der Waals surface area contributed by atoms with Crippen LogP contribution in [0.1, 0.15) is 37.7 Å². The lowest BCUT2D eigenvalue weighted by Gasteiger charge is -2.42. The van der Waals surface area contributed by atoms with Gasteiger partial charge in [-0.05, 0) is 42.7 Å². The highest BCUT2D eigenvalue weighted by atomic mass is 19.1. The van der Waals surface area contributed by atoms with E-state index in [1.807, 2.05) is 24.3 Å². The number of nitrogens with one attached hydrogen (secondary N) is 2. The van der Waals surface area contributed by atoms with Crippen molar-refractivity contribution in [1.29, 1.82) is 0 Å². The fourth-order valence-electron chi connectivity index (χ4n) is 3.78. The minimum atomic E-state index is -0.198. The number of benzene rings is 2. The lowest BCUT2D eigenvalue weighted by Crippen LogP contribution is -2.54. The van der Waals surface area contributed by atoms with Crippen molar-refractivity contribution in [3.05, 3.63) is 59.9 Å². The predicted molar refractivity (Wildman–Crippen MR) is 96.2 cm³/mol. The maximum absolute atomic E-state index is 13.4. The largest absolute Gasteiger partial charge is 0.371 e. The van der Waals surface area contributed by atoms with Crippen molar-refractivity contribution in [2.45, 2.75) is 44.2 Å². The summed E-state index contributed by atoms with van der Waals surface area (Å²) in [5, 5.41) is 7.23. The third-order valence-electron chi connectivity index (χ3n) is 5.02. The minimum absolute atomic E-state index is 0.111. The molecule has 4 heteroatoms. The molecule has 1 spiro atoms. The topological polar surface area (TPSA) is 36.4 Å². The molecule has 124 valence electrons. The molecule has 1 fully saturated rings. The summed E-state index contributed by atoms with van der Waals surface area (Å²) in [5.41, 5.74) is 2.90. The molecule has 2 N–H and O–H groups in total. The van der Waals surface area contributed by atoms with Crippen molar-refractivity contribution in [3.8, 4) is 0 Å². The highest BCUT2D eigenvalue weighted by Gasteiger charge is 2.40. The zero-order valence-electron chi connectivity index (χ0n) is 13.7. The quantitative estimate of drug-likeness (QED) is 0.835. The second kappa shape index (κ2) is 6.27. The van der Waals surface area contributed by atoms with Gasteiger partial charge in [-0.25, -0.2) is 9.38 Å². The van der Waals surface area contributed by atoms with Gasteiger partial charge in [-0.2, -0.15) is 0 Å². The maximum atomic E-state index is 13.4. The number of para-hydroxylation sites is 2. The summed E-state index contributed by atoms with van der Waals surface area (Å²) in [6.45, 7) is 0.586. The van der Waals surface area contributed by atoms with E-state index in [-0.39, 0.29) is 11.4 Å². The molecule has 2 aliphatic rings. The fraction of sp³-hybridized carbons (Fsp3) is 0.350. The smallest absolute Gasteiger partial charge is 0.128 e. The van der Waals surface area contributed by atoms with Crippen LogP contribution in [0.15, 0.2) is 53.5 Å². The van der Waals surface area contributed by atoms with Gasteiger partial charge in [-0.3, -0.25) is 0 Å². The Kier molecular flexibility index (Phi) is 3.97. The number of aliphatic imine (C=N–C) groups is 1. The predicted octanol–water partition coefficient (Wildman–Crippen LogP) is 4.77. The Bertz CT molecular complexity index is 763. The molecule has 24 heavy (non-hydrogen) atoms. The molecule has 0 radical (unpaired) electrons. The molecule has 2 aromatic rings. The number of rotatable bonds is 2. The summed E-state index contributed by atoms with van der Waals surface area (Å²) in [6, 6.07) is 14.9. The Balaban J connectivity index is 1.63. The van der Waals surface area contributed by atoms with Crippen molar-refractivity contribution in [1.82, 2.24) is 5.32 Å². The zero-order valence-corrected chi connectivity index (χ0v) is 13.7. The van der Waals surface area contributed by atoms with Gasteiger partial charge >= 0.3 is 0 Å². The second-order valence-electron chi connectivity index (χ2n) is 6.73. The van der Waals surface area contributed by atoms with E-state index in [0.29, 0.717) is 6.54 Å². The molecule has 0 saturated heterocycles. The number of fused-ring (bicyclic) bond motifs is 1. The summed E-state index contributed by atoms with van der Waals surface area (Å²) in [5.74, 6) is 0.792. The van der Waals surface area contributed by atoms with E-state index in [4.69, 9.17) is 4.99 Å². The first-order valence-electron chi connectivity index (χ1n) is 8.70. The Labute approximate surface area is 142 Å². The van der Waals surface area contributed by atoms with Crippen LogP contribution in [-0.2, 0) is 6.54 Å². The number of halogens is 1. The molecule has 1 aliphatic carbocycles. The van der Waals surface area contributed by atoms with Gasteiger partial charge < -0.3 is 10.6 Å². The number of amidine groups is 1. The molecule has 1 heterocycles. The van der Waals surface area contributed by atoms with E-state index in [1.165, 1.54) is 25.3 Å². The van der Waals surface area contributed by atoms with Gasteiger partial charge in [0.05, 0.1) is 16.9 Å². The van der Waals surface area contributed by atoms with Gasteiger partial charge in [0.1, 0.15) is 11.7 Å². The van der Waals surface area contributed by atoms with E-state index in [9.17, 15) is 4.39 Å². The van der Waals surface area contributed by atoms with Crippen molar-refractivity contribution >= 4 is 17.2 Å². The van der Waals surface area contributed by atoms with Crippen LogP contribution in [0.2, 0.25) is 0 Å². The normalized spacial score (nSPS) is 18.5. The van der Waals surface area contributed by atoms with E-state index >= 15 is 0 Å². The molecule has 1 aliphatic heterocycles. The van der Waals surface area contributed by atoms with Crippen LogP contribution in [0.5, 0.6) is 0 Å². The van der Waals surface area contributed by atoms with Crippen LogP contribution in [0, 0.1) is 5.82 Å². The van der Waals surface area contributed by atoms with Gasteiger partial charge in [-0.1, -0.05) is 43.5 Å². The van der Waals surface area contributed by atoms with E-state index in [1.54, 1.807) is 12.1 Å². The average Bonchev–Trinajstić information content (AvgIpc) is 2.61. The molecule has 0 aromatic heterocycles. The molecule has 1 saturated carbocycles. The molecular weight excluding hydrogens is 301 g/mol. The Morgan fingerprint density at radius 3 is 2.71 bits per heavy atom. The third kappa shape index (κ3) is 2.88. The first kappa shape index (κ1) is 15.2. The minimum Gasteiger partial charge on any atom is -0.371 e. The van der Waals surface area contributed by atoms with Crippen LogP contribution in [0.3, 0.4) is 0 Å². The SMILES string of the molecule is Fc1cccc(CNC2=Nc3ccccc3NC23CCCCC3)c1. The molecule has 0 amide bonds. The van der Waals surface area contributed by atoms with E-state index in [0.717, 1.165) is 35.6 Å². The van der Waals surface area contributed by atoms with Crippen LogP contribution in [-0.4, -0.2) is 11.4 Å². The van der Waals surface area contributed by atoms with E-state index in [2.05, 4.69) is 16.7 Å². The van der Waals surface area contributed by atoms with Crippen molar-refractivity contribution in [3.63, 3.8) is 0 Å². The Morgan fingerprint density at radius 1 is 1.04 bits per heavy atom. The van der Waals surface area contributed by atoms with Crippen LogP contribution in [0.4, 0.5) is 15.8 Å². The van der Waals surface area contributed by atoms with Crippen molar-refractivity contribution < 1.29 is 4.39 Å². The molecular formula is C20H22FN3. The lowest BCUT2D eigenvalue weighted by atomic mass is 9.79. The standard InChI is InChI=1S/C20H22FN3/c21-16-8-6-7-15(13-16)14-22-19-20(11-4-1-5-12-20)24-18-10-3-2-9-17(18)23-19/h2-3,6-10,13,24H,1,4-5,11-12,14H2,(H,22,23). The van der Waals surface area contributed by atoms with E-state index < -0.39 is 0 Å². The number of hydrogen-bond acceptors (Lipinski definition) is 3. The highest BCUT2D eigenvalue weighted by Crippen LogP contribution is 2.40. The summed E-state index contributed by atoms with van der Waals surface area (Å²) in [4.78, 5) is 4.91. The van der Waals surface area contributed by atoms with Crippen LogP contribution >= 0.6 is 0 Å². The molecule has 3 nitrogen and oxygen atoms in total. The number of hydrogen-bond donors (Lipinski definition) is 2. The van der Waals surface area contributed by atoms with Crippen LogP contribution < -0.4 is 10.6 Å². The second-order valence-corrected chi connectivity index (χ2v) is 6.73. The van der Waals surface area contributed by atoms with Gasteiger partial charge in [0.2, 0.25) is 0 Å². The van der Waals surface area contributed by atoms with Gasteiger partial charge in [0.25, 0.3) is 0 Å². The Morgan fingerprint density at radius 2 is 1.88 bits per heavy atom. The maximum Gasteiger partial charge on any atom is 0.128 e. The monoisotopic (exact) mass is 323 g/mol. The molecule has 0 atom stereocenters.